The fraction of sp³-hybridized carbons (Fsp3) is 0.348. The van der Waals surface area contributed by atoms with Crippen molar-refractivity contribution in [2.45, 2.75) is 39.5 Å². The number of carbonyl (C=O) groups is 1. The average molecular weight is 352 g/mol. The summed E-state index contributed by atoms with van der Waals surface area (Å²) in [5.41, 5.74) is 3.63. The maximum atomic E-state index is 10.6. The molecule has 0 atom stereocenters. The first kappa shape index (κ1) is 19.8. The van der Waals surface area contributed by atoms with Gasteiger partial charge in [-0.25, -0.2) is 0 Å². The highest BCUT2D eigenvalue weighted by molar-refractivity contribution is 5.69. The van der Waals surface area contributed by atoms with Crippen molar-refractivity contribution in [1.82, 2.24) is 0 Å². The quantitative estimate of drug-likeness (QED) is 0.314. The normalized spacial score (nSPS) is 10.8. The van der Waals surface area contributed by atoms with Crippen molar-refractivity contribution in [3.05, 3.63) is 65.2 Å². The van der Waals surface area contributed by atoms with Crippen LogP contribution in [0.4, 0.5) is 0 Å². The predicted molar refractivity (Wildman–Crippen MR) is 107 cm³/mol. The van der Waals surface area contributed by atoms with Gasteiger partial charge in [-0.3, -0.25) is 4.79 Å². The molecule has 0 heterocycles. The zero-order valence-electron chi connectivity index (χ0n) is 15.7. The van der Waals surface area contributed by atoms with Crippen LogP contribution in [0.25, 0.3) is 12.2 Å². The van der Waals surface area contributed by atoms with E-state index in [-0.39, 0.29) is 5.97 Å². The van der Waals surface area contributed by atoms with Gasteiger partial charge in [0.15, 0.2) is 0 Å². The van der Waals surface area contributed by atoms with Gasteiger partial charge in [0.2, 0.25) is 0 Å². The summed E-state index contributed by atoms with van der Waals surface area (Å²) in [4.78, 5) is 10.6. The maximum absolute atomic E-state index is 10.6. The van der Waals surface area contributed by atoms with E-state index in [1.807, 2.05) is 12.1 Å². The lowest BCUT2D eigenvalue weighted by molar-refractivity contribution is -0.141. The van der Waals surface area contributed by atoms with Crippen molar-refractivity contribution < 1.29 is 14.3 Å². The van der Waals surface area contributed by atoms with Crippen LogP contribution in [0.2, 0.25) is 0 Å². The van der Waals surface area contributed by atoms with E-state index in [4.69, 9.17) is 9.47 Å². The van der Waals surface area contributed by atoms with E-state index in [0.717, 1.165) is 37.0 Å². The van der Waals surface area contributed by atoms with Gasteiger partial charge in [-0.15, -0.1) is 0 Å². The highest BCUT2D eigenvalue weighted by atomic mass is 16.5. The van der Waals surface area contributed by atoms with Gasteiger partial charge in [-0.05, 0) is 55.9 Å². The Morgan fingerprint density at radius 1 is 0.808 bits per heavy atom. The number of hydrogen-bond donors (Lipinski definition) is 0. The molecule has 2 aromatic rings. The monoisotopic (exact) mass is 352 g/mol. The van der Waals surface area contributed by atoms with E-state index < -0.39 is 0 Å². The molecule has 0 aliphatic rings. The number of carbonyl (C=O) groups excluding carboxylic acids is 1. The summed E-state index contributed by atoms with van der Waals surface area (Å²) in [6.45, 7) is 4.77. The summed E-state index contributed by atoms with van der Waals surface area (Å²) in [6.07, 6.45) is 8.29. The molecule has 0 N–H and O–H groups in total. The van der Waals surface area contributed by atoms with Gasteiger partial charge < -0.3 is 9.47 Å². The lowest BCUT2D eigenvalue weighted by Gasteiger charge is -2.06. The predicted octanol–water partition coefficient (Wildman–Crippen LogP) is 5.67. The Hall–Kier alpha value is -2.55. The highest BCUT2D eigenvalue weighted by Gasteiger charge is 1.96. The number of hydrogen-bond acceptors (Lipinski definition) is 3. The summed E-state index contributed by atoms with van der Waals surface area (Å²) in [7, 11) is 0. The zero-order valence-corrected chi connectivity index (χ0v) is 15.7. The van der Waals surface area contributed by atoms with Crippen LogP contribution in [0, 0.1) is 6.92 Å². The van der Waals surface area contributed by atoms with E-state index in [9.17, 15) is 4.79 Å². The minimum absolute atomic E-state index is 0.203. The van der Waals surface area contributed by atoms with Crippen molar-refractivity contribution in [1.29, 1.82) is 0 Å². The number of ether oxygens (including phenoxy) is 2. The molecule has 0 saturated carbocycles. The molecule has 0 bridgehead atoms. The minimum Gasteiger partial charge on any atom is -0.494 e. The average Bonchev–Trinajstić information content (AvgIpc) is 2.64. The molecule has 0 unspecified atom stereocenters. The standard InChI is InChI=1S/C23H28O3/c1-19-7-9-21(10-8-19)11-12-22-13-15-23(16-14-22)26-18-6-4-3-5-17-25-20(2)24/h7-16H,3-6,17-18H2,1-2H3/b12-11+. The Kier molecular flexibility index (Phi) is 8.47. The van der Waals surface area contributed by atoms with Crippen LogP contribution in [0.3, 0.4) is 0 Å². The fourth-order valence-corrected chi connectivity index (χ4v) is 2.51. The van der Waals surface area contributed by atoms with E-state index in [0.29, 0.717) is 13.2 Å². The molecule has 0 fully saturated rings. The first-order valence-corrected chi connectivity index (χ1v) is 9.24. The summed E-state index contributed by atoms with van der Waals surface area (Å²) in [5, 5.41) is 0. The molecule has 0 aliphatic heterocycles. The Morgan fingerprint density at radius 2 is 1.35 bits per heavy atom. The van der Waals surface area contributed by atoms with Crippen molar-refractivity contribution in [2.75, 3.05) is 13.2 Å². The van der Waals surface area contributed by atoms with Gasteiger partial charge in [0.25, 0.3) is 0 Å². The number of aryl methyl sites for hydroxylation is 1. The largest absolute Gasteiger partial charge is 0.494 e. The third kappa shape index (κ3) is 8.02. The molecular formula is C23H28O3. The lowest BCUT2D eigenvalue weighted by Crippen LogP contribution is -2.01. The Morgan fingerprint density at radius 3 is 1.92 bits per heavy atom. The SMILES string of the molecule is CC(=O)OCCCCCCOc1ccc(/C=C/c2ccc(C)cc2)cc1. The van der Waals surface area contributed by atoms with Gasteiger partial charge in [0, 0.05) is 6.92 Å². The molecule has 0 radical (unpaired) electrons. The second-order valence-electron chi connectivity index (χ2n) is 6.42. The van der Waals surface area contributed by atoms with Gasteiger partial charge in [0.05, 0.1) is 13.2 Å². The topological polar surface area (TPSA) is 35.5 Å². The van der Waals surface area contributed by atoms with Crippen LogP contribution in [-0.4, -0.2) is 19.2 Å². The van der Waals surface area contributed by atoms with E-state index in [2.05, 4.69) is 55.5 Å². The fourth-order valence-electron chi connectivity index (χ4n) is 2.51. The highest BCUT2D eigenvalue weighted by Crippen LogP contribution is 2.15. The smallest absolute Gasteiger partial charge is 0.302 e. The molecule has 0 amide bonds. The van der Waals surface area contributed by atoms with Crippen LogP contribution in [0.1, 0.15) is 49.3 Å². The van der Waals surface area contributed by atoms with Gasteiger partial charge in [0.1, 0.15) is 5.75 Å². The maximum Gasteiger partial charge on any atom is 0.302 e. The minimum atomic E-state index is -0.203. The molecule has 0 spiro atoms. The third-order valence-corrected chi connectivity index (χ3v) is 4.04. The van der Waals surface area contributed by atoms with Gasteiger partial charge >= 0.3 is 5.97 Å². The molecule has 2 rings (SSSR count). The number of esters is 1. The van der Waals surface area contributed by atoms with Crippen LogP contribution in [-0.2, 0) is 9.53 Å². The van der Waals surface area contributed by atoms with E-state index in [1.165, 1.54) is 18.1 Å². The van der Waals surface area contributed by atoms with Crippen molar-refractivity contribution >= 4 is 18.1 Å². The zero-order chi connectivity index (χ0) is 18.6. The Labute approximate surface area is 156 Å². The summed E-state index contributed by atoms with van der Waals surface area (Å²) >= 11 is 0. The Balaban J connectivity index is 1.64. The summed E-state index contributed by atoms with van der Waals surface area (Å²) in [5.74, 6) is 0.697. The Bertz CT molecular complexity index is 684. The van der Waals surface area contributed by atoms with E-state index in [1.54, 1.807) is 0 Å². The lowest BCUT2D eigenvalue weighted by atomic mass is 10.1. The van der Waals surface area contributed by atoms with Crippen LogP contribution in [0.5, 0.6) is 5.75 Å². The molecular weight excluding hydrogens is 324 g/mol. The van der Waals surface area contributed by atoms with E-state index >= 15 is 0 Å². The molecule has 0 aliphatic carbocycles. The molecule has 0 saturated heterocycles. The number of unbranched alkanes of at least 4 members (excludes halogenated alkanes) is 3. The van der Waals surface area contributed by atoms with Crippen LogP contribution >= 0.6 is 0 Å². The van der Waals surface area contributed by atoms with Crippen LogP contribution < -0.4 is 4.74 Å². The number of benzene rings is 2. The first-order chi connectivity index (χ1) is 12.6. The third-order valence-electron chi connectivity index (χ3n) is 4.04. The second-order valence-corrected chi connectivity index (χ2v) is 6.42. The second kappa shape index (κ2) is 11.1. The molecule has 138 valence electrons. The molecule has 0 aromatic heterocycles. The van der Waals surface area contributed by atoms with Gasteiger partial charge in [-0.2, -0.15) is 0 Å². The summed E-state index contributed by atoms with van der Waals surface area (Å²) in [6, 6.07) is 16.6. The van der Waals surface area contributed by atoms with Crippen LogP contribution in [0.15, 0.2) is 48.5 Å². The summed E-state index contributed by atoms with van der Waals surface area (Å²) < 4.78 is 10.7. The number of rotatable bonds is 10. The molecule has 3 nitrogen and oxygen atoms in total. The molecule has 3 heteroatoms. The first-order valence-electron chi connectivity index (χ1n) is 9.24. The van der Waals surface area contributed by atoms with Crippen molar-refractivity contribution in [2.24, 2.45) is 0 Å². The molecule has 26 heavy (non-hydrogen) atoms. The van der Waals surface area contributed by atoms with Crippen molar-refractivity contribution in [3.8, 4) is 5.75 Å². The van der Waals surface area contributed by atoms with Crippen molar-refractivity contribution in [3.63, 3.8) is 0 Å². The van der Waals surface area contributed by atoms with Gasteiger partial charge in [-0.1, -0.05) is 54.1 Å². The molecule has 2 aromatic carbocycles.